The topological polar surface area (TPSA) is 200 Å². The summed E-state index contributed by atoms with van der Waals surface area (Å²) in [5.74, 6) is 2.65. The van der Waals surface area contributed by atoms with Gasteiger partial charge in [-0.25, -0.2) is 19.9 Å². The van der Waals surface area contributed by atoms with E-state index in [1.54, 1.807) is 12.4 Å². The summed E-state index contributed by atoms with van der Waals surface area (Å²) in [6.45, 7) is 5.16. The van der Waals surface area contributed by atoms with Crippen molar-refractivity contribution >= 4 is 12.4 Å². The fourth-order valence-corrected chi connectivity index (χ4v) is 8.20. The summed E-state index contributed by atoms with van der Waals surface area (Å²) < 4.78 is 22.9. The van der Waals surface area contributed by atoms with Crippen LogP contribution < -0.4 is 9.47 Å². The van der Waals surface area contributed by atoms with Gasteiger partial charge in [0, 0.05) is 81.7 Å². The number of hydrogen-bond acceptors (Lipinski definition) is 14. The van der Waals surface area contributed by atoms with Crippen LogP contribution in [0, 0.1) is 22.7 Å². The number of ether oxygens (including phenoxy) is 4. The first kappa shape index (κ1) is 51.5. The van der Waals surface area contributed by atoms with Crippen molar-refractivity contribution < 1.29 is 34.3 Å². The predicted octanol–water partition coefficient (Wildman–Crippen LogP) is 7.95. The predicted molar refractivity (Wildman–Crippen MR) is 266 cm³/mol. The Morgan fingerprint density at radius 2 is 1.00 bits per heavy atom. The highest BCUT2D eigenvalue weighted by Gasteiger charge is 2.24. The maximum atomic E-state index is 9.68. The third kappa shape index (κ3) is 14.8. The van der Waals surface area contributed by atoms with E-state index in [0.717, 1.165) is 103 Å². The van der Waals surface area contributed by atoms with Crippen LogP contribution in [-0.2, 0) is 35.5 Å². The molecule has 0 bridgehead atoms. The van der Waals surface area contributed by atoms with Crippen molar-refractivity contribution in [2.75, 3.05) is 39.5 Å². The van der Waals surface area contributed by atoms with Crippen LogP contribution in [0.15, 0.2) is 109 Å². The van der Waals surface area contributed by atoms with Crippen LogP contribution >= 0.6 is 12.4 Å². The number of β-amino-alcohol motifs (C(OH)–C–C–N with tert-alkyl or cyclic N) is 1. The van der Waals surface area contributed by atoms with Gasteiger partial charge < -0.3 is 34.3 Å². The maximum absolute atomic E-state index is 9.68. The number of halogens is 1. The normalized spacial score (nSPS) is 16.3. The Bertz CT molecular complexity index is 2670. The number of aromatic nitrogens is 4. The Balaban J connectivity index is 0.000000186. The average Bonchev–Trinajstić information content (AvgIpc) is 3.37. The zero-order valence-corrected chi connectivity index (χ0v) is 40.1. The minimum absolute atomic E-state index is 0. The SMILES string of the molecule is Cl.N#Cc1cc(-c2ccnc(Cc3ccc(CN4CC(O)C4)cc3)n2)ccc1OC1CCOCC1.N#Cc1cc(-c2ccnc(Cc3ccc(CO)cc3)n2)ccc1OC1CCOCC1.OC1CCC1. The van der Waals surface area contributed by atoms with E-state index in [2.05, 4.69) is 56.3 Å². The molecule has 4 aromatic carbocycles. The van der Waals surface area contributed by atoms with Crippen LogP contribution in [-0.4, -0.2) is 104 Å². The molecule has 3 aliphatic heterocycles. The third-order valence-corrected chi connectivity index (χ3v) is 12.5. The van der Waals surface area contributed by atoms with E-state index < -0.39 is 0 Å². The van der Waals surface area contributed by atoms with E-state index in [1.807, 2.05) is 72.8 Å². The molecule has 1 aliphatic carbocycles. The molecule has 6 aromatic rings. The Hall–Kier alpha value is -6.33. The molecular formula is C55H60ClN7O7. The second-order valence-electron chi connectivity index (χ2n) is 17.8. The quantitative estimate of drug-likeness (QED) is 0.101. The van der Waals surface area contributed by atoms with Crippen LogP contribution in [0.2, 0.25) is 0 Å². The van der Waals surface area contributed by atoms with Gasteiger partial charge in [-0.05, 0) is 90.0 Å². The van der Waals surface area contributed by atoms with E-state index in [-0.39, 0.29) is 43.4 Å². The van der Waals surface area contributed by atoms with Crippen LogP contribution in [0.1, 0.15) is 90.0 Å². The van der Waals surface area contributed by atoms with Gasteiger partial charge >= 0.3 is 0 Å². The molecule has 0 atom stereocenters. The molecule has 0 radical (unpaired) electrons. The largest absolute Gasteiger partial charge is 0.489 e. The van der Waals surface area contributed by atoms with Crippen LogP contribution in [0.4, 0.5) is 0 Å². The molecule has 4 fully saturated rings. The Morgan fingerprint density at radius 1 is 0.571 bits per heavy atom. The van der Waals surface area contributed by atoms with Gasteiger partial charge in [-0.15, -0.1) is 12.4 Å². The third-order valence-electron chi connectivity index (χ3n) is 12.5. The highest BCUT2D eigenvalue weighted by Crippen LogP contribution is 2.30. The molecule has 364 valence electrons. The first-order valence-electron chi connectivity index (χ1n) is 23.9. The molecule has 0 unspecified atom stereocenters. The van der Waals surface area contributed by atoms with Gasteiger partial charge in [0.05, 0.1) is 67.8 Å². The van der Waals surface area contributed by atoms with Gasteiger partial charge in [0.2, 0.25) is 0 Å². The van der Waals surface area contributed by atoms with Crippen molar-refractivity contribution in [1.29, 1.82) is 10.5 Å². The van der Waals surface area contributed by atoms with Crippen LogP contribution in [0.5, 0.6) is 11.5 Å². The van der Waals surface area contributed by atoms with Crippen molar-refractivity contribution in [3.63, 3.8) is 0 Å². The standard InChI is InChI=1S/C27H28N4O3.C24H23N3O3.C4H8O.ClH/c28-15-22-14-21(5-6-26(22)34-24-8-11-33-12-9-24)25-7-10-29-27(30-25)13-19-1-3-20(4-2-19)16-31-17-23(32)18-31;25-15-20-14-19(5-6-23(20)30-21-8-11-29-12-9-21)22-7-10-26-24(27-22)13-17-1-3-18(16-28)4-2-17;5-4-2-1-3-4;/h1-7,10,14,23-24,32H,8-9,11-13,16-18H2;1-7,10,14,21,28H,8-9,11-13,16H2;4-5H,1-3H2;1H. The van der Waals surface area contributed by atoms with E-state index in [4.69, 9.17) is 29.0 Å². The van der Waals surface area contributed by atoms with Gasteiger partial charge in [-0.1, -0.05) is 48.5 Å². The van der Waals surface area contributed by atoms with Gasteiger partial charge in [0.25, 0.3) is 0 Å². The lowest BCUT2D eigenvalue weighted by atomic mass is 9.97. The van der Waals surface area contributed by atoms with Gasteiger partial charge in [-0.3, -0.25) is 4.90 Å². The second-order valence-corrected chi connectivity index (χ2v) is 17.8. The number of likely N-dealkylation sites (tertiary alicyclic amines) is 1. The number of hydrogen-bond donors (Lipinski definition) is 3. The van der Waals surface area contributed by atoms with Crippen LogP contribution in [0.25, 0.3) is 22.5 Å². The first-order valence-corrected chi connectivity index (χ1v) is 23.9. The summed E-state index contributed by atoms with van der Waals surface area (Å²) in [5, 5.41) is 46.3. The molecule has 0 amide bonds. The van der Waals surface area contributed by atoms with Crippen molar-refractivity contribution in [3.05, 3.63) is 154 Å². The molecule has 3 N–H and O–H groups in total. The monoisotopic (exact) mass is 965 g/mol. The lowest BCUT2D eigenvalue weighted by Gasteiger charge is -2.35. The molecule has 10 rings (SSSR count). The minimum Gasteiger partial charge on any atom is -0.489 e. The van der Waals surface area contributed by atoms with Crippen molar-refractivity contribution in [2.24, 2.45) is 0 Å². The summed E-state index contributed by atoms with van der Waals surface area (Å²) in [6.07, 6.45) is 11.4. The molecule has 2 aromatic heterocycles. The Morgan fingerprint density at radius 3 is 1.39 bits per heavy atom. The molecular weight excluding hydrogens is 906 g/mol. The average molecular weight is 967 g/mol. The summed E-state index contributed by atoms with van der Waals surface area (Å²) in [4.78, 5) is 20.5. The van der Waals surface area contributed by atoms with E-state index >= 15 is 0 Å². The maximum Gasteiger partial charge on any atom is 0.137 e. The van der Waals surface area contributed by atoms with Gasteiger partial charge in [0.1, 0.15) is 47.5 Å². The van der Waals surface area contributed by atoms with E-state index in [0.29, 0.717) is 67.7 Å². The van der Waals surface area contributed by atoms with Gasteiger partial charge in [-0.2, -0.15) is 10.5 Å². The highest BCUT2D eigenvalue weighted by atomic mass is 35.5. The molecule has 0 spiro atoms. The lowest BCUT2D eigenvalue weighted by Crippen LogP contribution is -2.49. The smallest absolute Gasteiger partial charge is 0.137 e. The molecule has 1 saturated carbocycles. The Labute approximate surface area is 416 Å². The first-order chi connectivity index (χ1) is 33.8. The molecule has 3 saturated heterocycles. The number of aliphatic hydroxyl groups excluding tert-OH is 3. The van der Waals surface area contributed by atoms with E-state index in [1.165, 1.54) is 12.0 Å². The van der Waals surface area contributed by atoms with Crippen molar-refractivity contribution in [2.45, 2.75) is 95.4 Å². The van der Waals surface area contributed by atoms with Crippen molar-refractivity contribution in [1.82, 2.24) is 24.8 Å². The summed E-state index contributed by atoms with van der Waals surface area (Å²) in [7, 11) is 0. The lowest BCUT2D eigenvalue weighted by molar-refractivity contribution is -0.00287. The minimum atomic E-state index is -0.177. The second kappa shape index (κ2) is 26.0. The fraction of sp³-hybridized carbons (Fsp3) is 0.382. The molecule has 15 heteroatoms. The summed E-state index contributed by atoms with van der Waals surface area (Å²) >= 11 is 0. The molecule has 14 nitrogen and oxygen atoms in total. The number of nitriles is 2. The van der Waals surface area contributed by atoms with Crippen LogP contribution in [0.3, 0.4) is 0 Å². The molecule has 70 heavy (non-hydrogen) atoms. The van der Waals surface area contributed by atoms with Gasteiger partial charge in [0.15, 0.2) is 0 Å². The number of nitrogens with zero attached hydrogens (tertiary/aromatic N) is 7. The Kier molecular flexibility index (Phi) is 19.2. The summed E-state index contributed by atoms with van der Waals surface area (Å²) in [5.41, 5.74) is 8.60. The van der Waals surface area contributed by atoms with Crippen molar-refractivity contribution in [3.8, 4) is 46.2 Å². The molecule has 5 heterocycles. The number of aliphatic hydroxyl groups is 3. The zero-order chi connectivity index (χ0) is 47.8. The van der Waals surface area contributed by atoms with E-state index in [9.17, 15) is 20.7 Å². The number of rotatable bonds is 13. The highest BCUT2D eigenvalue weighted by molar-refractivity contribution is 5.85. The number of benzene rings is 4. The summed E-state index contributed by atoms with van der Waals surface area (Å²) in [6, 6.07) is 35.6. The zero-order valence-electron chi connectivity index (χ0n) is 39.2. The molecule has 4 aliphatic rings. The fourth-order valence-electron chi connectivity index (χ4n) is 8.20.